The van der Waals surface area contributed by atoms with E-state index in [4.69, 9.17) is 19.6 Å². The number of hydrogen-bond donors (Lipinski definition) is 0. The molecule has 0 aliphatic carbocycles. The Morgan fingerprint density at radius 3 is 1.28 bits per heavy atom. The smallest absolute Gasteiger partial charge is 0.290 e. The number of carbonyl (C=O) groups excluding carboxylic acids is 2. The maximum atomic E-state index is 12.4. The molecule has 0 saturated carbocycles. The maximum absolute atomic E-state index is 12.4. The lowest BCUT2D eigenvalue weighted by molar-refractivity contribution is -0.421. The van der Waals surface area contributed by atoms with E-state index in [1.54, 1.807) is 24.3 Å². The van der Waals surface area contributed by atoms with Gasteiger partial charge in [0.05, 0.1) is 11.1 Å². The van der Waals surface area contributed by atoms with Crippen LogP contribution in [-0.4, -0.2) is 18.2 Å². The summed E-state index contributed by atoms with van der Waals surface area (Å²) in [5.41, 5.74) is 4.68. The van der Waals surface area contributed by atoms with Gasteiger partial charge in [-0.1, -0.05) is 98.3 Å². The molecule has 6 heteroatoms. The molecule has 0 aliphatic rings. The SMILES string of the molecule is CCCC(OOC(=O)c1ccc(-c2ccccc2)cc1)OOC(=O)c1ccc(-c2ccccc2)cc1. The standard InChI is InChI=1S/C30H26O6/c1-2-9-28(33-35-29(31)26-18-14-24(15-19-26)22-10-5-3-6-11-22)34-36-30(32)27-20-16-25(17-21-27)23-12-7-4-8-13-23/h3-8,10-21,28H,2,9H2,1H3. The first-order valence-electron chi connectivity index (χ1n) is 11.7. The molecule has 0 saturated heterocycles. The van der Waals surface area contributed by atoms with Gasteiger partial charge in [0.25, 0.3) is 0 Å². The molecular weight excluding hydrogens is 456 g/mol. The first-order valence-corrected chi connectivity index (χ1v) is 11.7. The van der Waals surface area contributed by atoms with Crippen molar-refractivity contribution in [2.45, 2.75) is 26.1 Å². The van der Waals surface area contributed by atoms with Crippen LogP contribution >= 0.6 is 0 Å². The topological polar surface area (TPSA) is 71.1 Å². The third-order valence-electron chi connectivity index (χ3n) is 5.44. The van der Waals surface area contributed by atoms with Crippen LogP contribution in [0.1, 0.15) is 40.5 Å². The van der Waals surface area contributed by atoms with Gasteiger partial charge in [0, 0.05) is 6.42 Å². The number of hydrogen-bond acceptors (Lipinski definition) is 6. The van der Waals surface area contributed by atoms with E-state index in [0.717, 1.165) is 22.3 Å². The quantitative estimate of drug-likeness (QED) is 0.137. The Morgan fingerprint density at radius 2 is 0.917 bits per heavy atom. The number of carbonyl (C=O) groups is 2. The molecule has 0 aliphatic heterocycles. The summed E-state index contributed by atoms with van der Waals surface area (Å²) in [6.07, 6.45) is -0.0623. The average molecular weight is 483 g/mol. The Kier molecular flexibility index (Phi) is 8.59. The molecule has 0 N–H and O–H groups in total. The number of benzene rings is 4. The molecule has 4 aromatic carbocycles. The molecule has 0 atom stereocenters. The molecule has 0 unspecified atom stereocenters. The van der Waals surface area contributed by atoms with Crippen LogP contribution in [-0.2, 0) is 19.6 Å². The van der Waals surface area contributed by atoms with Crippen molar-refractivity contribution in [3.8, 4) is 22.3 Å². The van der Waals surface area contributed by atoms with Crippen molar-refractivity contribution in [2.24, 2.45) is 0 Å². The summed E-state index contributed by atoms with van der Waals surface area (Å²) < 4.78 is 0. The highest BCUT2D eigenvalue weighted by atomic mass is 17.3. The largest absolute Gasteiger partial charge is 0.373 e. The van der Waals surface area contributed by atoms with E-state index < -0.39 is 18.2 Å². The first-order chi connectivity index (χ1) is 17.6. The Bertz CT molecular complexity index is 1150. The summed E-state index contributed by atoms with van der Waals surface area (Å²) in [6, 6.07) is 33.6. The lowest BCUT2D eigenvalue weighted by atomic mass is 10.0. The Balaban J connectivity index is 1.29. The third kappa shape index (κ3) is 6.66. The molecule has 0 spiro atoms. The molecule has 4 rings (SSSR count). The van der Waals surface area contributed by atoms with Crippen LogP contribution in [0, 0.1) is 0 Å². The van der Waals surface area contributed by atoms with E-state index in [-0.39, 0.29) is 0 Å². The summed E-state index contributed by atoms with van der Waals surface area (Å²) in [6.45, 7) is 1.90. The second-order valence-electron chi connectivity index (χ2n) is 8.04. The second-order valence-corrected chi connectivity index (χ2v) is 8.04. The van der Waals surface area contributed by atoms with Crippen molar-refractivity contribution in [2.75, 3.05) is 0 Å². The van der Waals surface area contributed by atoms with Crippen molar-refractivity contribution in [3.05, 3.63) is 120 Å². The van der Waals surface area contributed by atoms with Crippen molar-refractivity contribution in [1.82, 2.24) is 0 Å². The normalized spacial score (nSPS) is 10.7. The van der Waals surface area contributed by atoms with Crippen LogP contribution in [0.5, 0.6) is 0 Å². The summed E-state index contributed by atoms with van der Waals surface area (Å²) in [5.74, 6) is -1.36. The zero-order chi connectivity index (χ0) is 25.2. The van der Waals surface area contributed by atoms with E-state index in [9.17, 15) is 9.59 Å². The molecule has 6 nitrogen and oxygen atoms in total. The fourth-order valence-corrected chi connectivity index (χ4v) is 3.50. The van der Waals surface area contributed by atoms with Gasteiger partial charge in [0.15, 0.2) is 0 Å². The van der Waals surface area contributed by atoms with E-state index in [2.05, 4.69) is 0 Å². The van der Waals surface area contributed by atoms with Gasteiger partial charge in [-0.3, -0.25) is 9.78 Å². The minimum absolute atomic E-state index is 0.320. The fourth-order valence-electron chi connectivity index (χ4n) is 3.50. The molecule has 36 heavy (non-hydrogen) atoms. The zero-order valence-corrected chi connectivity index (χ0v) is 19.8. The lowest BCUT2D eigenvalue weighted by Crippen LogP contribution is -2.22. The fraction of sp³-hybridized carbons (Fsp3) is 0.133. The Hall–Kier alpha value is -4.26. The van der Waals surface area contributed by atoms with Gasteiger partial charge in [-0.15, -0.1) is 9.78 Å². The minimum Gasteiger partial charge on any atom is -0.290 e. The van der Waals surface area contributed by atoms with Gasteiger partial charge >= 0.3 is 11.9 Å². The van der Waals surface area contributed by atoms with Crippen LogP contribution in [0.2, 0.25) is 0 Å². The van der Waals surface area contributed by atoms with Gasteiger partial charge in [-0.25, -0.2) is 9.59 Å². The van der Waals surface area contributed by atoms with Crippen LogP contribution in [0.3, 0.4) is 0 Å². The van der Waals surface area contributed by atoms with Gasteiger partial charge < -0.3 is 0 Å². The van der Waals surface area contributed by atoms with Gasteiger partial charge in [0.1, 0.15) is 0 Å². The molecule has 0 bridgehead atoms. The lowest BCUT2D eigenvalue weighted by Gasteiger charge is -2.14. The third-order valence-corrected chi connectivity index (χ3v) is 5.44. The predicted octanol–water partition coefficient (Wildman–Crippen LogP) is 7.02. The highest BCUT2D eigenvalue weighted by Gasteiger charge is 2.19. The minimum atomic E-state index is -1.06. The number of rotatable bonds is 10. The summed E-state index contributed by atoms with van der Waals surface area (Å²) in [5, 5.41) is 0. The Morgan fingerprint density at radius 1 is 0.556 bits per heavy atom. The van der Waals surface area contributed by atoms with Gasteiger partial charge in [0.2, 0.25) is 6.29 Å². The van der Waals surface area contributed by atoms with Crippen LogP contribution in [0.25, 0.3) is 22.3 Å². The van der Waals surface area contributed by atoms with Gasteiger partial charge in [-0.05, 0) is 46.5 Å². The predicted molar refractivity (Wildman–Crippen MR) is 135 cm³/mol. The molecule has 0 heterocycles. The van der Waals surface area contributed by atoms with Crippen LogP contribution in [0.4, 0.5) is 0 Å². The molecule has 0 amide bonds. The second kappa shape index (κ2) is 12.4. The molecule has 182 valence electrons. The van der Waals surface area contributed by atoms with E-state index in [0.29, 0.717) is 24.0 Å². The molecule has 0 radical (unpaired) electrons. The van der Waals surface area contributed by atoms with E-state index in [1.807, 2.05) is 91.9 Å². The summed E-state index contributed by atoms with van der Waals surface area (Å²) in [7, 11) is 0. The zero-order valence-electron chi connectivity index (χ0n) is 19.8. The summed E-state index contributed by atoms with van der Waals surface area (Å²) >= 11 is 0. The van der Waals surface area contributed by atoms with Gasteiger partial charge in [-0.2, -0.15) is 0 Å². The van der Waals surface area contributed by atoms with Crippen LogP contribution in [0.15, 0.2) is 109 Å². The molecule has 0 fully saturated rings. The van der Waals surface area contributed by atoms with Crippen molar-refractivity contribution in [3.63, 3.8) is 0 Å². The molecule has 0 aromatic heterocycles. The van der Waals surface area contributed by atoms with Crippen molar-refractivity contribution in [1.29, 1.82) is 0 Å². The molecule has 4 aromatic rings. The summed E-state index contributed by atoms with van der Waals surface area (Å²) in [4.78, 5) is 44.9. The average Bonchev–Trinajstić information content (AvgIpc) is 2.95. The maximum Gasteiger partial charge on any atom is 0.373 e. The first kappa shape index (κ1) is 24.9. The van der Waals surface area contributed by atoms with Crippen LogP contribution < -0.4 is 0 Å². The monoisotopic (exact) mass is 482 g/mol. The molecular formula is C30H26O6. The van der Waals surface area contributed by atoms with Crippen molar-refractivity contribution >= 4 is 11.9 Å². The van der Waals surface area contributed by atoms with E-state index >= 15 is 0 Å². The van der Waals surface area contributed by atoms with E-state index in [1.165, 1.54) is 0 Å². The Labute approximate surface area is 209 Å². The highest BCUT2D eigenvalue weighted by Crippen LogP contribution is 2.21. The van der Waals surface area contributed by atoms with Crippen molar-refractivity contribution < 1.29 is 29.1 Å². The highest BCUT2D eigenvalue weighted by molar-refractivity contribution is 5.90.